The Morgan fingerprint density at radius 3 is 1.77 bits per heavy atom. The van der Waals surface area contributed by atoms with Gasteiger partial charge in [0.1, 0.15) is 23.9 Å². The standard InChI is InChI=1S/C27H30O8/c1-25(2)32-18-19(30-23(28)16-12-8-6-9-13-16)22-27(5,35-26(3,4)34-22)21(20(18)33-25)31-24(29)17-14-10-7-11-15-17/h6-15,18-22H,1-5H3/t18-,19-,20-,21-,22+,27-/m1/s1. The number of ether oxygens (including phenoxy) is 6. The van der Waals surface area contributed by atoms with Crippen molar-refractivity contribution >= 4 is 11.9 Å². The lowest BCUT2D eigenvalue weighted by atomic mass is 9.75. The fourth-order valence-corrected chi connectivity index (χ4v) is 5.29. The molecule has 5 rings (SSSR count). The van der Waals surface area contributed by atoms with Crippen molar-refractivity contribution in [2.24, 2.45) is 0 Å². The van der Waals surface area contributed by atoms with Crippen LogP contribution in [0.2, 0.25) is 0 Å². The van der Waals surface area contributed by atoms with E-state index in [1.54, 1.807) is 83.1 Å². The van der Waals surface area contributed by atoms with Crippen LogP contribution in [-0.2, 0) is 28.4 Å². The molecule has 6 atom stereocenters. The second-order valence-corrected chi connectivity index (χ2v) is 10.2. The highest BCUT2D eigenvalue weighted by atomic mass is 16.8. The molecule has 0 amide bonds. The number of rotatable bonds is 4. The maximum absolute atomic E-state index is 13.1. The summed E-state index contributed by atoms with van der Waals surface area (Å²) in [5.41, 5.74) is -0.376. The van der Waals surface area contributed by atoms with Crippen molar-refractivity contribution in [3.8, 4) is 0 Å². The lowest BCUT2D eigenvalue weighted by Gasteiger charge is -2.47. The molecule has 8 heteroatoms. The van der Waals surface area contributed by atoms with E-state index in [0.717, 1.165) is 0 Å². The zero-order valence-electron chi connectivity index (χ0n) is 20.4. The van der Waals surface area contributed by atoms with Crippen LogP contribution in [0.4, 0.5) is 0 Å². The minimum Gasteiger partial charge on any atom is -0.453 e. The molecule has 0 unspecified atom stereocenters. The minimum absolute atomic E-state index is 0.401. The molecule has 8 nitrogen and oxygen atoms in total. The molecule has 2 aromatic carbocycles. The van der Waals surface area contributed by atoms with E-state index in [9.17, 15) is 9.59 Å². The third kappa shape index (κ3) is 4.36. The Bertz CT molecular complexity index is 1100. The Kier molecular flexibility index (Phi) is 5.75. The van der Waals surface area contributed by atoms with Crippen molar-refractivity contribution in [1.29, 1.82) is 0 Å². The summed E-state index contributed by atoms with van der Waals surface area (Å²) in [5, 5.41) is 0. The molecule has 35 heavy (non-hydrogen) atoms. The molecule has 2 saturated heterocycles. The molecule has 3 aliphatic rings. The molecule has 3 fully saturated rings. The largest absolute Gasteiger partial charge is 0.453 e. The first-order valence-electron chi connectivity index (χ1n) is 11.7. The summed E-state index contributed by atoms with van der Waals surface area (Å²) in [6, 6.07) is 17.4. The number of carbonyl (C=O) groups excluding carboxylic acids is 2. The Labute approximate surface area is 204 Å². The van der Waals surface area contributed by atoms with Crippen molar-refractivity contribution in [1.82, 2.24) is 0 Å². The Balaban J connectivity index is 1.52. The van der Waals surface area contributed by atoms with Crippen LogP contribution in [0.25, 0.3) is 0 Å². The van der Waals surface area contributed by atoms with Crippen LogP contribution in [0, 0.1) is 0 Å². The monoisotopic (exact) mass is 482 g/mol. The van der Waals surface area contributed by atoms with E-state index in [2.05, 4.69) is 0 Å². The van der Waals surface area contributed by atoms with E-state index in [1.807, 2.05) is 12.1 Å². The molecule has 186 valence electrons. The quantitative estimate of drug-likeness (QED) is 0.607. The lowest BCUT2D eigenvalue weighted by molar-refractivity contribution is -0.209. The number of hydrogen-bond donors (Lipinski definition) is 0. The van der Waals surface area contributed by atoms with Crippen LogP contribution in [0.15, 0.2) is 60.7 Å². The molecule has 2 aromatic rings. The summed E-state index contributed by atoms with van der Waals surface area (Å²) >= 11 is 0. The van der Waals surface area contributed by atoms with E-state index < -0.39 is 59.6 Å². The first-order chi connectivity index (χ1) is 16.5. The van der Waals surface area contributed by atoms with Gasteiger partial charge in [-0.05, 0) is 58.9 Å². The van der Waals surface area contributed by atoms with E-state index in [0.29, 0.717) is 11.1 Å². The smallest absolute Gasteiger partial charge is 0.338 e. The second kappa shape index (κ2) is 8.41. The fourth-order valence-electron chi connectivity index (χ4n) is 5.29. The van der Waals surface area contributed by atoms with Gasteiger partial charge in [-0.1, -0.05) is 36.4 Å². The van der Waals surface area contributed by atoms with E-state index in [4.69, 9.17) is 28.4 Å². The Hall–Kier alpha value is -2.78. The van der Waals surface area contributed by atoms with Gasteiger partial charge in [0.15, 0.2) is 23.8 Å². The van der Waals surface area contributed by atoms with Crippen molar-refractivity contribution in [2.75, 3.05) is 0 Å². The first kappa shape index (κ1) is 23.9. The summed E-state index contributed by atoms with van der Waals surface area (Å²) in [4.78, 5) is 26.2. The minimum atomic E-state index is -1.18. The molecule has 1 aliphatic carbocycles. The average Bonchev–Trinajstić information content (AvgIpc) is 3.28. The fraction of sp³-hybridized carbons (Fsp3) is 0.481. The second-order valence-electron chi connectivity index (χ2n) is 10.2. The van der Waals surface area contributed by atoms with E-state index >= 15 is 0 Å². The SMILES string of the molecule is CC1(C)O[C@H]2[C@@H](O1)[C@@H](OC(=O)c1ccccc1)[C@@]1(C)OC(C)(C)O[C@H]1[C@@H]2OC(=O)c1ccccc1. The third-order valence-corrected chi connectivity index (χ3v) is 6.59. The van der Waals surface area contributed by atoms with Gasteiger partial charge < -0.3 is 28.4 Å². The zero-order chi connectivity index (χ0) is 25.0. The molecule has 2 heterocycles. The lowest BCUT2D eigenvalue weighted by Crippen LogP contribution is -2.69. The number of fused-ring (bicyclic) bond motifs is 2. The highest BCUT2D eigenvalue weighted by Crippen LogP contribution is 2.51. The van der Waals surface area contributed by atoms with Crippen LogP contribution in [0.1, 0.15) is 55.3 Å². The number of hydrogen-bond acceptors (Lipinski definition) is 8. The predicted molar refractivity (Wildman–Crippen MR) is 124 cm³/mol. The van der Waals surface area contributed by atoms with Crippen LogP contribution >= 0.6 is 0 Å². The molecule has 2 aliphatic heterocycles. The predicted octanol–water partition coefficient (Wildman–Crippen LogP) is 3.88. The maximum Gasteiger partial charge on any atom is 0.338 e. The van der Waals surface area contributed by atoms with Crippen molar-refractivity contribution in [2.45, 2.75) is 82.3 Å². The van der Waals surface area contributed by atoms with Gasteiger partial charge in [0, 0.05) is 0 Å². The molecule has 0 radical (unpaired) electrons. The van der Waals surface area contributed by atoms with E-state index in [-0.39, 0.29) is 0 Å². The van der Waals surface area contributed by atoms with Crippen LogP contribution in [-0.4, -0.2) is 59.6 Å². The summed E-state index contributed by atoms with van der Waals surface area (Å²) in [7, 11) is 0. The van der Waals surface area contributed by atoms with Crippen LogP contribution in [0.5, 0.6) is 0 Å². The molecule has 0 aromatic heterocycles. The van der Waals surface area contributed by atoms with Crippen LogP contribution in [0.3, 0.4) is 0 Å². The molecular weight excluding hydrogens is 452 g/mol. The van der Waals surface area contributed by atoms with Gasteiger partial charge in [-0.3, -0.25) is 0 Å². The third-order valence-electron chi connectivity index (χ3n) is 6.59. The van der Waals surface area contributed by atoms with Crippen LogP contribution < -0.4 is 0 Å². The molecule has 0 spiro atoms. The average molecular weight is 483 g/mol. The number of esters is 2. The van der Waals surface area contributed by atoms with Crippen molar-refractivity contribution in [3.05, 3.63) is 71.8 Å². The first-order valence-corrected chi connectivity index (χ1v) is 11.7. The number of carbonyl (C=O) groups is 2. The highest BCUT2D eigenvalue weighted by Gasteiger charge is 2.71. The van der Waals surface area contributed by atoms with Gasteiger partial charge in [-0.25, -0.2) is 9.59 Å². The summed E-state index contributed by atoms with van der Waals surface area (Å²) in [6.45, 7) is 8.86. The Morgan fingerprint density at radius 1 is 0.686 bits per heavy atom. The highest BCUT2D eigenvalue weighted by molar-refractivity contribution is 5.90. The van der Waals surface area contributed by atoms with Gasteiger partial charge in [0.2, 0.25) is 0 Å². The van der Waals surface area contributed by atoms with Crippen molar-refractivity contribution < 1.29 is 38.0 Å². The molecule has 0 N–H and O–H groups in total. The van der Waals surface area contributed by atoms with Gasteiger partial charge in [0.25, 0.3) is 0 Å². The molecular formula is C27H30O8. The number of benzene rings is 2. The summed E-state index contributed by atoms with van der Waals surface area (Å²) in [6.07, 6.45) is -4.04. The molecule has 1 saturated carbocycles. The normalized spacial score (nSPS) is 34.5. The topological polar surface area (TPSA) is 89.5 Å². The van der Waals surface area contributed by atoms with Gasteiger partial charge >= 0.3 is 11.9 Å². The molecule has 0 bridgehead atoms. The van der Waals surface area contributed by atoms with E-state index in [1.165, 1.54) is 0 Å². The Morgan fingerprint density at radius 2 is 1.20 bits per heavy atom. The van der Waals surface area contributed by atoms with Gasteiger partial charge in [0.05, 0.1) is 11.1 Å². The zero-order valence-corrected chi connectivity index (χ0v) is 20.4. The summed E-state index contributed by atoms with van der Waals surface area (Å²) < 4.78 is 37.1. The van der Waals surface area contributed by atoms with Gasteiger partial charge in [-0.15, -0.1) is 0 Å². The summed E-state index contributed by atoms with van der Waals surface area (Å²) in [5.74, 6) is -3.06. The van der Waals surface area contributed by atoms with Gasteiger partial charge in [-0.2, -0.15) is 0 Å². The maximum atomic E-state index is 13.1. The van der Waals surface area contributed by atoms with Crippen molar-refractivity contribution in [3.63, 3.8) is 0 Å².